The molecule has 1 N–H and O–H groups in total. The fraction of sp³-hybridized carbons (Fsp3) is 1.00. The van der Waals surface area contributed by atoms with E-state index in [1.54, 1.807) is 4.31 Å². The average molecular weight is 220 g/mol. The molecule has 1 rings (SSSR count). The Morgan fingerprint density at radius 1 is 1.29 bits per heavy atom. The highest BCUT2D eigenvalue weighted by Crippen LogP contribution is 2.06. The highest BCUT2D eigenvalue weighted by atomic mass is 32.2. The molecule has 1 saturated heterocycles. The third kappa shape index (κ3) is 3.55. The van der Waals surface area contributed by atoms with E-state index in [9.17, 15) is 8.42 Å². The quantitative estimate of drug-likeness (QED) is 0.746. The number of hydrogen-bond acceptors (Lipinski definition) is 3. The van der Waals surface area contributed by atoms with Gasteiger partial charge in [-0.25, -0.2) is 12.7 Å². The molecule has 1 heterocycles. The van der Waals surface area contributed by atoms with Crippen LogP contribution in [0.2, 0.25) is 0 Å². The minimum absolute atomic E-state index is 0.309. The van der Waals surface area contributed by atoms with Gasteiger partial charge in [0.25, 0.3) is 0 Å². The lowest BCUT2D eigenvalue weighted by Crippen LogP contribution is -2.35. The van der Waals surface area contributed by atoms with E-state index in [-0.39, 0.29) is 0 Å². The van der Waals surface area contributed by atoms with Crippen molar-refractivity contribution in [2.75, 3.05) is 31.9 Å². The van der Waals surface area contributed by atoms with Crippen LogP contribution in [0.3, 0.4) is 0 Å². The van der Waals surface area contributed by atoms with E-state index >= 15 is 0 Å². The third-order valence-corrected chi connectivity index (χ3v) is 4.40. The molecule has 5 heteroatoms. The number of nitrogens with one attached hydrogen (secondary N) is 1. The molecule has 0 amide bonds. The highest BCUT2D eigenvalue weighted by molar-refractivity contribution is 7.89. The summed E-state index contributed by atoms with van der Waals surface area (Å²) in [5.74, 6) is 0.309. The zero-order chi connectivity index (χ0) is 10.4. The van der Waals surface area contributed by atoms with Gasteiger partial charge in [-0.05, 0) is 19.4 Å². The van der Waals surface area contributed by atoms with Crippen molar-refractivity contribution < 1.29 is 8.42 Å². The molecule has 14 heavy (non-hydrogen) atoms. The SMILES string of the molecule is CCCCS(=O)(=O)N1CCCNCC1. The first-order valence-corrected chi connectivity index (χ1v) is 6.96. The Bertz CT molecular complexity index is 244. The van der Waals surface area contributed by atoms with Crippen LogP contribution in [0.1, 0.15) is 26.2 Å². The van der Waals surface area contributed by atoms with Crippen molar-refractivity contribution >= 4 is 10.0 Å². The monoisotopic (exact) mass is 220 g/mol. The second-order valence-corrected chi connectivity index (χ2v) is 5.76. The Labute approximate surface area is 86.7 Å². The number of rotatable bonds is 4. The van der Waals surface area contributed by atoms with E-state index in [0.29, 0.717) is 18.8 Å². The van der Waals surface area contributed by atoms with E-state index in [4.69, 9.17) is 0 Å². The Morgan fingerprint density at radius 3 is 2.79 bits per heavy atom. The maximum atomic E-state index is 11.8. The Hall–Kier alpha value is -0.130. The third-order valence-electron chi connectivity index (χ3n) is 2.45. The van der Waals surface area contributed by atoms with Crippen molar-refractivity contribution in [2.45, 2.75) is 26.2 Å². The van der Waals surface area contributed by atoms with Gasteiger partial charge < -0.3 is 5.32 Å². The van der Waals surface area contributed by atoms with Gasteiger partial charge in [-0.1, -0.05) is 13.3 Å². The van der Waals surface area contributed by atoms with Crippen LogP contribution >= 0.6 is 0 Å². The first-order chi connectivity index (χ1) is 6.67. The van der Waals surface area contributed by atoms with Gasteiger partial charge in [0.1, 0.15) is 0 Å². The lowest BCUT2D eigenvalue weighted by atomic mass is 10.4. The van der Waals surface area contributed by atoms with Crippen LogP contribution < -0.4 is 5.32 Å². The molecule has 0 aromatic carbocycles. The summed E-state index contributed by atoms with van der Waals surface area (Å²) in [7, 11) is -2.98. The molecule has 0 radical (unpaired) electrons. The standard InChI is InChI=1S/C9H20N2O2S/c1-2-3-9-14(12,13)11-7-4-5-10-6-8-11/h10H,2-9H2,1H3. The van der Waals surface area contributed by atoms with Crippen LogP contribution in [0.25, 0.3) is 0 Å². The maximum Gasteiger partial charge on any atom is 0.214 e. The topological polar surface area (TPSA) is 49.4 Å². The molecular formula is C9H20N2O2S. The van der Waals surface area contributed by atoms with Crippen LogP contribution in [-0.2, 0) is 10.0 Å². The van der Waals surface area contributed by atoms with Gasteiger partial charge in [0.15, 0.2) is 0 Å². The predicted molar refractivity (Wildman–Crippen MR) is 57.8 cm³/mol. The van der Waals surface area contributed by atoms with Crippen molar-refractivity contribution in [1.29, 1.82) is 0 Å². The van der Waals surface area contributed by atoms with Crippen LogP contribution in [0.5, 0.6) is 0 Å². The molecule has 0 aliphatic carbocycles. The van der Waals surface area contributed by atoms with Crippen molar-refractivity contribution in [3.05, 3.63) is 0 Å². The molecule has 0 aromatic rings. The summed E-state index contributed by atoms with van der Waals surface area (Å²) in [6.07, 6.45) is 2.63. The summed E-state index contributed by atoms with van der Waals surface area (Å²) in [5.41, 5.74) is 0. The van der Waals surface area contributed by atoms with Crippen LogP contribution in [0, 0.1) is 0 Å². The Morgan fingerprint density at radius 2 is 2.07 bits per heavy atom. The summed E-state index contributed by atoms with van der Waals surface area (Å²) >= 11 is 0. The number of sulfonamides is 1. The summed E-state index contributed by atoms with van der Waals surface area (Å²) in [6, 6.07) is 0. The van der Waals surface area contributed by atoms with Gasteiger partial charge in [0, 0.05) is 19.6 Å². The Kier molecular flexibility index (Phi) is 4.84. The van der Waals surface area contributed by atoms with Gasteiger partial charge in [-0.3, -0.25) is 0 Å². The fourth-order valence-corrected chi connectivity index (χ4v) is 3.24. The zero-order valence-electron chi connectivity index (χ0n) is 8.83. The molecule has 1 fully saturated rings. The predicted octanol–water partition coefficient (Wildman–Crippen LogP) is 0.412. The van der Waals surface area contributed by atoms with Crippen molar-refractivity contribution in [2.24, 2.45) is 0 Å². The summed E-state index contributed by atoms with van der Waals surface area (Å²) < 4.78 is 25.2. The minimum Gasteiger partial charge on any atom is -0.315 e. The van der Waals surface area contributed by atoms with E-state index < -0.39 is 10.0 Å². The lowest BCUT2D eigenvalue weighted by Gasteiger charge is -2.19. The minimum atomic E-state index is -2.98. The fourth-order valence-electron chi connectivity index (χ4n) is 1.55. The van der Waals surface area contributed by atoms with Crippen molar-refractivity contribution in [1.82, 2.24) is 9.62 Å². The second kappa shape index (κ2) is 5.68. The number of nitrogens with zero attached hydrogens (tertiary/aromatic N) is 1. The van der Waals surface area contributed by atoms with Gasteiger partial charge in [0.05, 0.1) is 5.75 Å². The zero-order valence-corrected chi connectivity index (χ0v) is 9.65. The lowest BCUT2D eigenvalue weighted by molar-refractivity contribution is 0.431. The van der Waals surface area contributed by atoms with Crippen molar-refractivity contribution in [3.8, 4) is 0 Å². The Balaban J connectivity index is 2.51. The van der Waals surface area contributed by atoms with E-state index in [1.165, 1.54) is 0 Å². The largest absolute Gasteiger partial charge is 0.315 e. The molecule has 0 unspecified atom stereocenters. The molecule has 0 saturated carbocycles. The molecule has 4 nitrogen and oxygen atoms in total. The summed E-state index contributed by atoms with van der Waals surface area (Å²) in [6.45, 7) is 5.04. The molecule has 0 atom stereocenters. The molecule has 0 aromatic heterocycles. The number of unbranched alkanes of at least 4 members (excludes halogenated alkanes) is 1. The van der Waals surface area contributed by atoms with E-state index in [0.717, 1.165) is 32.4 Å². The van der Waals surface area contributed by atoms with Crippen LogP contribution in [-0.4, -0.2) is 44.7 Å². The second-order valence-electron chi connectivity index (χ2n) is 3.67. The first kappa shape index (κ1) is 11.9. The summed E-state index contributed by atoms with van der Waals surface area (Å²) in [4.78, 5) is 0. The average Bonchev–Trinajstić information content (AvgIpc) is 2.43. The smallest absolute Gasteiger partial charge is 0.214 e. The molecule has 0 bridgehead atoms. The summed E-state index contributed by atoms with van der Waals surface area (Å²) in [5, 5.41) is 3.20. The molecular weight excluding hydrogens is 200 g/mol. The normalized spacial score (nSPS) is 20.6. The number of hydrogen-bond donors (Lipinski definition) is 1. The first-order valence-electron chi connectivity index (χ1n) is 5.35. The van der Waals surface area contributed by atoms with E-state index in [2.05, 4.69) is 5.32 Å². The van der Waals surface area contributed by atoms with E-state index in [1.807, 2.05) is 6.92 Å². The maximum absolute atomic E-state index is 11.8. The molecule has 1 aliphatic heterocycles. The van der Waals surface area contributed by atoms with Gasteiger partial charge >= 0.3 is 0 Å². The van der Waals surface area contributed by atoms with Crippen LogP contribution in [0.4, 0.5) is 0 Å². The van der Waals surface area contributed by atoms with Crippen molar-refractivity contribution in [3.63, 3.8) is 0 Å². The van der Waals surface area contributed by atoms with Crippen LogP contribution in [0.15, 0.2) is 0 Å². The molecule has 0 spiro atoms. The molecule has 1 aliphatic rings. The van der Waals surface area contributed by atoms with Gasteiger partial charge in [-0.2, -0.15) is 0 Å². The van der Waals surface area contributed by atoms with Gasteiger partial charge in [0.2, 0.25) is 10.0 Å². The van der Waals surface area contributed by atoms with Gasteiger partial charge in [-0.15, -0.1) is 0 Å². The molecule has 84 valence electrons. The highest BCUT2D eigenvalue weighted by Gasteiger charge is 2.21.